The molecule has 1 N–H and O–H groups in total. The lowest BCUT2D eigenvalue weighted by Crippen LogP contribution is -2.13. The molecular weight excluding hydrogens is 282 g/mol. The molecule has 0 aliphatic rings. The third-order valence-corrected chi connectivity index (χ3v) is 3.14. The molecule has 0 aliphatic carbocycles. The van der Waals surface area contributed by atoms with E-state index in [1.807, 2.05) is 12.1 Å². The summed E-state index contributed by atoms with van der Waals surface area (Å²) < 4.78 is 16.5. The maximum absolute atomic E-state index is 10.9. The molecule has 1 aromatic carbocycles. The van der Waals surface area contributed by atoms with Crippen molar-refractivity contribution in [1.82, 2.24) is 0 Å². The van der Waals surface area contributed by atoms with Crippen LogP contribution in [0.4, 0.5) is 5.69 Å². The summed E-state index contributed by atoms with van der Waals surface area (Å²) in [6, 6.07) is 7.25. The Labute approximate surface area is 132 Å². The molecule has 5 heteroatoms. The molecule has 0 fully saturated rings. The largest absolute Gasteiger partial charge is 0.491 e. The molecular formula is C17H27NO4. The predicted octanol–water partition coefficient (Wildman–Crippen LogP) is 3.10. The number of anilines is 1. The van der Waals surface area contributed by atoms with Crippen LogP contribution >= 0.6 is 0 Å². The van der Waals surface area contributed by atoms with Crippen molar-refractivity contribution in [1.29, 1.82) is 0 Å². The standard InChI is InChI=1S/C17H27NO4/c1-4-14(2)13-21-10-9-20-11-12-22-17-7-5-16(6-8-17)18-15(3)19/h5-8,14H,4,9-13H2,1-3H3,(H,18,19). The Kier molecular flexibility index (Phi) is 9.26. The molecule has 0 saturated heterocycles. The third kappa shape index (κ3) is 8.64. The normalized spacial score (nSPS) is 12.0. The number of carbonyl (C=O) groups is 1. The van der Waals surface area contributed by atoms with Gasteiger partial charge in [-0.1, -0.05) is 20.3 Å². The molecule has 0 saturated carbocycles. The monoisotopic (exact) mass is 309 g/mol. The molecule has 0 aliphatic heterocycles. The summed E-state index contributed by atoms with van der Waals surface area (Å²) in [6.45, 7) is 8.82. The Morgan fingerprint density at radius 1 is 1.09 bits per heavy atom. The first-order chi connectivity index (χ1) is 10.6. The van der Waals surface area contributed by atoms with Crippen LogP contribution < -0.4 is 10.1 Å². The van der Waals surface area contributed by atoms with E-state index < -0.39 is 0 Å². The van der Waals surface area contributed by atoms with Gasteiger partial charge in [-0.2, -0.15) is 0 Å². The second kappa shape index (κ2) is 11.0. The molecule has 1 aromatic rings. The summed E-state index contributed by atoms with van der Waals surface area (Å²) in [4.78, 5) is 10.9. The van der Waals surface area contributed by atoms with Gasteiger partial charge in [0.2, 0.25) is 5.91 Å². The van der Waals surface area contributed by atoms with Crippen LogP contribution in [-0.4, -0.2) is 38.9 Å². The molecule has 0 bridgehead atoms. The minimum atomic E-state index is -0.0855. The van der Waals surface area contributed by atoms with Crippen molar-refractivity contribution < 1.29 is 19.0 Å². The van der Waals surface area contributed by atoms with Crippen molar-refractivity contribution in [3.05, 3.63) is 24.3 Å². The van der Waals surface area contributed by atoms with Gasteiger partial charge in [0.15, 0.2) is 0 Å². The Morgan fingerprint density at radius 3 is 2.36 bits per heavy atom. The number of hydrogen-bond donors (Lipinski definition) is 1. The zero-order valence-electron chi connectivity index (χ0n) is 13.8. The Bertz CT molecular complexity index is 419. The maximum Gasteiger partial charge on any atom is 0.221 e. The smallest absolute Gasteiger partial charge is 0.221 e. The molecule has 1 amide bonds. The van der Waals surface area contributed by atoms with Crippen LogP contribution in [0.25, 0.3) is 0 Å². The first-order valence-electron chi connectivity index (χ1n) is 7.77. The summed E-state index contributed by atoms with van der Waals surface area (Å²) >= 11 is 0. The number of hydrogen-bond acceptors (Lipinski definition) is 4. The molecule has 0 spiro atoms. The van der Waals surface area contributed by atoms with Gasteiger partial charge in [0, 0.05) is 19.2 Å². The number of carbonyl (C=O) groups excluding carboxylic acids is 1. The van der Waals surface area contributed by atoms with Crippen LogP contribution in [-0.2, 0) is 14.3 Å². The second-order valence-electron chi connectivity index (χ2n) is 5.25. The molecule has 0 heterocycles. The summed E-state index contributed by atoms with van der Waals surface area (Å²) in [5, 5.41) is 2.71. The number of nitrogens with one attached hydrogen (secondary N) is 1. The Balaban J connectivity index is 2.04. The van der Waals surface area contributed by atoms with E-state index in [2.05, 4.69) is 19.2 Å². The fourth-order valence-electron chi connectivity index (χ4n) is 1.68. The summed E-state index contributed by atoms with van der Waals surface area (Å²) in [5.74, 6) is 1.27. The SMILES string of the molecule is CCC(C)COCCOCCOc1ccc(NC(C)=O)cc1. The minimum absolute atomic E-state index is 0.0855. The highest BCUT2D eigenvalue weighted by atomic mass is 16.5. The van der Waals surface area contributed by atoms with E-state index in [1.165, 1.54) is 6.92 Å². The third-order valence-electron chi connectivity index (χ3n) is 3.14. The van der Waals surface area contributed by atoms with Crippen LogP contribution in [0.1, 0.15) is 27.2 Å². The van der Waals surface area contributed by atoms with Crippen LogP contribution in [0.3, 0.4) is 0 Å². The lowest BCUT2D eigenvalue weighted by molar-refractivity contribution is -0.114. The topological polar surface area (TPSA) is 56.8 Å². The van der Waals surface area contributed by atoms with Crippen molar-refractivity contribution in [3.63, 3.8) is 0 Å². The van der Waals surface area contributed by atoms with Crippen molar-refractivity contribution in [2.24, 2.45) is 5.92 Å². The lowest BCUT2D eigenvalue weighted by atomic mass is 10.1. The highest BCUT2D eigenvalue weighted by Crippen LogP contribution is 2.15. The number of ether oxygens (including phenoxy) is 3. The van der Waals surface area contributed by atoms with E-state index in [1.54, 1.807) is 12.1 Å². The van der Waals surface area contributed by atoms with Gasteiger partial charge in [-0.25, -0.2) is 0 Å². The molecule has 5 nitrogen and oxygen atoms in total. The lowest BCUT2D eigenvalue weighted by Gasteiger charge is -2.10. The quantitative estimate of drug-likeness (QED) is 0.638. The van der Waals surface area contributed by atoms with Gasteiger partial charge >= 0.3 is 0 Å². The second-order valence-corrected chi connectivity index (χ2v) is 5.25. The fraction of sp³-hybridized carbons (Fsp3) is 0.588. The molecule has 0 aromatic heterocycles. The van der Waals surface area contributed by atoms with E-state index >= 15 is 0 Å². The molecule has 1 rings (SSSR count). The van der Waals surface area contributed by atoms with Gasteiger partial charge in [0.25, 0.3) is 0 Å². The summed E-state index contributed by atoms with van der Waals surface area (Å²) in [7, 11) is 0. The van der Waals surface area contributed by atoms with Crippen molar-refractivity contribution in [2.75, 3.05) is 38.4 Å². The van der Waals surface area contributed by atoms with E-state index in [0.29, 0.717) is 32.3 Å². The minimum Gasteiger partial charge on any atom is -0.491 e. The van der Waals surface area contributed by atoms with Gasteiger partial charge in [-0.05, 0) is 30.2 Å². The van der Waals surface area contributed by atoms with Crippen LogP contribution in [0.15, 0.2) is 24.3 Å². The first kappa shape index (κ1) is 18.5. The Morgan fingerprint density at radius 2 is 1.73 bits per heavy atom. The van der Waals surface area contributed by atoms with Crippen LogP contribution in [0, 0.1) is 5.92 Å². The first-order valence-corrected chi connectivity index (χ1v) is 7.77. The van der Waals surface area contributed by atoms with Gasteiger partial charge in [0.1, 0.15) is 12.4 Å². The zero-order valence-corrected chi connectivity index (χ0v) is 13.8. The summed E-state index contributed by atoms with van der Waals surface area (Å²) in [5.41, 5.74) is 0.759. The average Bonchev–Trinajstić information content (AvgIpc) is 2.50. The molecule has 0 radical (unpaired) electrons. The van der Waals surface area contributed by atoms with Gasteiger partial charge in [-0.15, -0.1) is 0 Å². The van der Waals surface area contributed by atoms with E-state index in [4.69, 9.17) is 14.2 Å². The predicted molar refractivity (Wildman–Crippen MR) is 87.3 cm³/mol. The van der Waals surface area contributed by atoms with Crippen molar-refractivity contribution >= 4 is 11.6 Å². The molecule has 124 valence electrons. The van der Waals surface area contributed by atoms with Crippen molar-refractivity contribution in [3.8, 4) is 5.75 Å². The molecule has 1 atom stereocenters. The maximum atomic E-state index is 10.9. The highest BCUT2D eigenvalue weighted by molar-refractivity contribution is 5.88. The van der Waals surface area contributed by atoms with E-state index in [9.17, 15) is 4.79 Å². The zero-order chi connectivity index (χ0) is 16.2. The number of rotatable bonds is 11. The average molecular weight is 309 g/mol. The highest BCUT2D eigenvalue weighted by Gasteiger charge is 1.99. The summed E-state index contributed by atoms with van der Waals surface area (Å²) in [6.07, 6.45) is 1.13. The van der Waals surface area contributed by atoms with Crippen molar-refractivity contribution in [2.45, 2.75) is 27.2 Å². The van der Waals surface area contributed by atoms with E-state index in [-0.39, 0.29) is 5.91 Å². The van der Waals surface area contributed by atoms with Crippen LogP contribution in [0.2, 0.25) is 0 Å². The van der Waals surface area contributed by atoms with E-state index in [0.717, 1.165) is 24.5 Å². The van der Waals surface area contributed by atoms with Gasteiger partial charge in [-0.3, -0.25) is 4.79 Å². The Hall–Kier alpha value is -1.59. The fourth-order valence-corrected chi connectivity index (χ4v) is 1.68. The molecule has 22 heavy (non-hydrogen) atoms. The number of benzene rings is 1. The van der Waals surface area contributed by atoms with Crippen LogP contribution in [0.5, 0.6) is 5.75 Å². The number of amides is 1. The molecule has 1 unspecified atom stereocenters. The van der Waals surface area contributed by atoms with Gasteiger partial charge in [0.05, 0.1) is 19.8 Å². The van der Waals surface area contributed by atoms with Gasteiger partial charge < -0.3 is 19.5 Å².